The number of carboxylic acid groups (broad SMARTS) is 1. The largest absolute Gasteiger partial charge is 0.485 e. The monoisotopic (exact) mass is 572 g/mol. The molecule has 3 aliphatic rings. The van der Waals surface area contributed by atoms with Crippen LogP contribution in [0.2, 0.25) is 0 Å². The van der Waals surface area contributed by atoms with Gasteiger partial charge in [0.1, 0.15) is 17.7 Å². The normalized spacial score (nSPS) is 22.1. The predicted molar refractivity (Wildman–Crippen MR) is 160 cm³/mol. The van der Waals surface area contributed by atoms with Crippen LogP contribution < -0.4 is 9.47 Å². The van der Waals surface area contributed by atoms with E-state index in [9.17, 15) is 9.90 Å². The second kappa shape index (κ2) is 12.0. The van der Waals surface area contributed by atoms with E-state index in [2.05, 4.69) is 47.1 Å². The van der Waals surface area contributed by atoms with Crippen molar-refractivity contribution >= 4 is 5.97 Å². The molecule has 222 valence electrons. The van der Waals surface area contributed by atoms with E-state index in [1.54, 1.807) is 13.2 Å². The number of halogens is 1. The topological polar surface area (TPSA) is 71.9 Å². The molecular formula is C35H41FN2O4. The highest BCUT2D eigenvalue weighted by Crippen LogP contribution is 2.48. The average molecular weight is 573 g/mol. The minimum absolute atomic E-state index is 0.00134. The quantitative estimate of drug-likeness (QED) is 0.285. The van der Waals surface area contributed by atoms with E-state index in [1.807, 2.05) is 13.0 Å². The maximum Gasteiger partial charge on any atom is 0.306 e. The number of carboxylic acids is 1. The van der Waals surface area contributed by atoms with Crippen LogP contribution in [0.1, 0.15) is 86.6 Å². The van der Waals surface area contributed by atoms with Gasteiger partial charge in [0.05, 0.1) is 19.2 Å². The molecule has 1 unspecified atom stereocenters. The lowest BCUT2D eigenvalue weighted by Crippen LogP contribution is -2.36. The van der Waals surface area contributed by atoms with Gasteiger partial charge in [-0.25, -0.2) is 9.37 Å². The Balaban J connectivity index is 1.32. The Morgan fingerprint density at radius 3 is 2.69 bits per heavy atom. The van der Waals surface area contributed by atoms with Crippen molar-refractivity contribution in [1.29, 1.82) is 0 Å². The number of likely N-dealkylation sites (tertiary alicyclic amines) is 1. The fourth-order valence-electron chi connectivity index (χ4n) is 6.96. The highest BCUT2D eigenvalue weighted by Gasteiger charge is 2.39. The number of carbonyl (C=O) groups is 1. The van der Waals surface area contributed by atoms with E-state index in [4.69, 9.17) is 9.47 Å². The van der Waals surface area contributed by atoms with Gasteiger partial charge in [0.25, 0.3) is 0 Å². The number of aryl methyl sites for hydroxylation is 1. The molecule has 2 aromatic carbocycles. The Kier molecular flexibility index (Phi) is 8.22. The number of hydrogen-bond donors (Lipinski definition) is 1. The zero-order valence-corrected chi connectivity index (χ0v) is 24.8. The maximum atomic E-state index is 15.1. The second-order valence-electron chi connectivity index (χ2n) is 12.4. The number of piperidine rings is 1. The third-order valence-electron chi connectivity index (χ3n) is 9.62. The van der Waals surface area contributed by atoms with Crippen LogP contribution in [0.5, 0.6) is 11.6 Å². The third-order valence-corrected chi connectivity index (χ3v) is 9.62. The fourth-order valence-corrected chi connectivity index (χ4v) is 6.96. The number of aromatic nitrogens is 1. The van der Waals surface area contributed by atoms with Crippen molar-refractivity contribution in [2.75, 3.05) is 13.7 Å². The minimum atomic E-state index is -0.748. The van der Waals surface area contributed by atoms with Gasteiger partial charge in [-0.3, -0.25) is 9.69 Å². The first-order chi connectivity index (χ1) is 20.3. The number of hydrogen-bond acceptors (Lipinski definition) is 5. The molecule has 0 radical (unpaired) electrons. The molecule has 6 rings (SSSR count). The maximum absolute atomic E-state index is 15.1. The number of nitrogens with zero attached hydrogens (tertiary/aromatic N) is 2. The van der Waals surface area contributed by atoms with Gasteiger partial charge in [0, 0.05) is 24.2 Å². The van der Waals surface area contributed by atoms with Crippen molar-refractivity contribution in [3.8, 4) is 22.8 Å². The van der Waals surface area contributed by atoms with Gasteiger partial charge in [0.15, 0.2) is 0 Å². The van der Waals surface area contributed by atoms with Crippen molar-refractivity contribution in [2.45, 2.75) is 83.4 Å². The van der Waals surface area contributed by atoms with Crippen LogP contribution >= 0.6 is 0 Å². The summed E-state index contributed by atoms with van der Waals surface area (Å²) in [7, 11) is 1.54. The zero-order chi connectivity index (χ0) is 29.4. The molecule has 7 heteroatoms. The van der Waals surface area contributed by atoms with Gasteiger partial charge in [-0.1, -0.05) is 43.7 Å². The van der Waals surface area contributed by atoms with Crippen molar-refractivity contribution < 1.29 is 23.8 Å². The number of benzene rings is 2. The number of pyridine rings is 1. The summed E-state index contributed by atoms with van der Waals surface area (Å²) in [6.45, 7) is 5.86. The Morgan fingerprint density at radius 2 is 1.95 bits per heavy atom. The smallest absolute Gasteiger partial charge is 0.306 e. The summed E-state index contributed by atoms with van der Waals surface area (Å²) >= 11 is 0. The second-order valence-corrected chi connectivity index (χ2v) is 12.4. The lowest BCUT2D eigenvalue weighted by molar-refractivity contribution is -0.142. The van der Waals surface area contributed by atoms with Gasteiger partial charge < -0.3 is 14.6 Å². The standard InChI is InChI=1S/C35H41FN2O4/c1-21-6-4-5-15-38(21)20-27-16-25(11-13-28(27)29-18-33(41-3)37-19-30(29)36)31-14-12-23-7-10-26(17-32(23)42-31)34(24-8-9-24)22(2)35(39)40/h7,10-11,13,16-19,21-22,24,31,34H,4-6,8-9,12,14-15,20H2,1-3H3,(H,39,40)/t21-,22-,31+,34?/m0/s1. The van der Waals surface area contributed by atoms with Crippen LogP contribution in [0.4, 0.5) is 4.39 Å². The number of rotatable bonds is 9. The summed E-state index contributed by atoms with van der Waals surface area (Å²) < 4.78 is 27.1. The molecular weight excluding hydrogens is 531 g/mol. The molecule has 3 heterocycles. The van der Waals surface area contributed by atoms with Crippen molar-refractivity contribution in [3.05, 3.63) is 76.7 Å². The molecule has 0 bridgehead atoms. The van der Waals surface area contributed by atoms with Gasteiger partial charge in [-0.2, -0.15) is 0 Å². The van der Waals surface area contributed by atoms with Gasteiger partial charge in [0.2, 0.25) is 5.88 Å². The summed E-state index contributed by atoms with van der Waals surface area (Å²) in [4.78, 5) is 18.4. The Labute approximate surface area is 247 Å². The molecule has 1 saturated heterocycles. The van der Waals surface area contributed by atoms with E-state index in [-0.39, 0.29) is 17.8 Å². The zero-order valence-electron chi connectivity index (χ0n) is 24.8. The Hall–Kier alpha value is -3.45. The summed E-state index contributed by atoms with van der Waals surface area (Å²) in [6, 6.07) is 14.7. The molecule has 1 N–H and O–H groups in total. The number of fused-ring (bicyclic) bond motifs is 1. The van der Waals surface area contributed by atoms with E-state index < -0.39 is 11.9 Å². The lowest BCUT2D eigenvalue weighted by Gasteiger charge is -2.34. The first-order valence-corrected chi connectivity index (χ1v) is 15.4. The summed E-state index contributed by atoms with van der Waals surface area (Å²) in [5.41, 5.74) is 5.71. The van der Waals surface area contributed by atoms with E-state index >= 15 is 4.39 Å². The SMILES string of the molecule is COc1cc(-c2ccc([C@H]3CCc4ccc(C(C5CC5)[C@H](C)C(=O)O)cc4O3)cc2CN2CCCC[C@@H]2C)c(F)cn1. The average Bonchev–Trinajstić information content (AvgIpc) is 3.83. The van der Waals surface area contributed by atoms with E-state index in [0.717, 1.165) is 72.3 Å². The first-order valence-electron chi connectivity index (χ1n) is 15.4. The van der Waals surface area contributed by atoms with Crippen LogP contribution in [0.25, 0.3) is 11.1 Å². The molecule has 6 nitrogen and oxygen atoms in total. The fraction of sp³-hybridized carbons (Fsp3) is 0.486. The predicted octanol–water partition coefficient (Wildman–Crippen LogP) is 7.55. The Morgan fingerprint density at radius 1 is 1.12 bits per heavy atom. The molecule has 2 aliphatic heterocycles. The van der Waals surface area contributed by atoms with Crippen LogP contribution in [0.3, 0.4) is 0 Å². The van der Waals surface area contributed by atoms with E-state index in [1.165, 1.54) is 25.5 Å². The molecule has 3 aromatic rings. The van der Waals surface area contributed by atoms with Gasteiger partial charge in [-0.15, -0.1) is 0 Å². The molecule has 2 fully saturated rings. The summed E-state index contributed by atoms with van der Waals surface area (Å²) in [6.07, 6.45) is 8.57. The number of aliphatic carboxylic acids is 1. The molecule has 1 saturated carbocycles. The lowest BCUT2D eigenvalue weighted by atomic mass is 9.82. The molecule has 1 aliphatic carbocycles. The van der Waals surface area contributed by atoms with Crippen molar-refractivity contribution in [2.24, 2.45) is 11.8 Å². The summed E-state index contributed by atoms with van der Waals surface area (Å²) in [5.74, 6) is 0.114. The van der Waals surface area contributed by atoms with E-state index in [0.29, 0.717) is 23.4 Å². The van der Waals surface area contributed by atoms with Gasteiger partial charge >= 0.3 is 5.97 Å². The molecule has 4 atom stereocenters. The van der Waals surface area contributed by atoms with Crippen LogP contribution in [-0.2, 0) is 17.8 Å². The van der Waals surface area contributed by atoms with Gasteiger partial charge in [-0.05, 0) is 97.7 Å². The first kappa shape index (κ1) is 28.7. The van der Waals surface area contributed by atoms with Crippen molar-refractivity contribution in [1.82, 2.24) is 9.88 Å². The van der Waals surface area contributed by atoms with Crippen LogP contribution in [0.15, 0.2) is 48.7 Å². The highest BCUT2D eigenvalue weighted by atomic mass is 19.1. The molecule has 42 heavy (non-hydrogen) atoms. The Bertz CT molecular complexity index is 1450. The summed E-state index contributed by atoms with van der Waals surface area (Å²) in [5, 5.41) is 9.76. The van der Waals surface area contributed by atoms with Crippen LogP contribution in [-0.4, -0.2) is 40.7 Å². The molecule has 1 aromatic heterocycles. The number of methoxy groups -OCH3 is 1. The van der Waals surface area contributed by atoms with Crippen LogP contribution in [0, 0.1) is 17.7 Å². The molecule has 0 spiro atoms. The number of ether oxygens (including phenoxy) is 2. The van der Waals surface area contributed by atoms with Crippen molar-refractivity contribution in [3.63, 3.8) is 0 Å². The minimum Gasteiger partial charge on any atom is -0.485 e. The highest BCUT2D eigenvalue weighted by molar-refractivity contribution is 5.71. The third kappa shape index (κ3) is 5.89. The molecule has 0 amide bonds.